The van der Waals surface area contributed by atoms with Gasteiger partial charge in [-0.25, -0.2) is 0 Å². The molecule has 92 valence electrons. The minimum Gasteiger partial charge on any atom is -0.454 e. The van der Waals surface area contributed by atoms with Gasteiger partial charge in [0.15, 0.2) is 11.5 Å². The number of rotatable bonds is 2. The molecule has 1 aliphatic carbocycles. The lowest BCUT2D eigenvalue weighted by molar-refractivity contribution is 0.174. The number of halogens is 1. The van der Waals surface area contributed by atoms with E-state index < -0.39 is 0 Å². The number of fused-ring (bicyclic) bond motifs is 1. The number of benzene rings is 1. The first kappa shape index (κ1) is 11.4. The van der Waals surface area contributed by atoms with Crippen LogP contribution in [0.5, 0.6) is 11.5 Å². The maximum Gasteiger partial charge on any atom is 0.231 e. The van der Waals surface area contributed by atoms with Crippen LogP contribution in [-0.2, 0) is 0 Å². The second-order valence-electron chi connectivity index (χ2n) is 4.80. The van der Waals surface area contributed by atoms with Crippen LogP contribution in [0.2, 0.25) is 0 Å². The molecule has 4 heteroatoms. The Hall–Kier alpha value is -0.740. The number of hydrogen-bond donors (Lipinski definition) is 1. The second-order valence-corrected chi connectivity index (χ2v) is 5.65. The van der Waals surface area contributed by atoms with Crippen molar-refractivity contribution in [3.8, 4) is 11.5 Å². The average Bonchev–Trinajstić information content (AvgIpc) is 2.97. The zero-order chi connectivity index (χ0) is 11.8. The van der Waals surface area contributed by atoms with Gasteiger partial charge in [0.1, 0.15) is 0 Å². The van der Waals surface area contributed by atoms with Gasteiger partial charge in [-0.05, 0) is 36.5 Å². The summed E-state index contributed by atoms with van der Waals surface area (Å²) in [6.45, 7) is 0.309. The highest BCUT2D eigenvalue weighted by Crippen LogP contribution is 2.42. The smallest absolute Gasteiger partial charge is 0.231 e. The Kier molecular flexibility index (Phi) is 3.01. The van der Waals surface area contributed by atoms with Crippen LogP contribution < -0.4 is 15.2 Å². The Balaban J connectivity index is 1.91. The van der Waals surface area contributed by atoms with E-state index in [1.165, 1.54) is 25.7 Å². The van der Waals surface area contributed by atoms with E-state index in [4.69, 9.17) is 15.2 Å². The van der Waals surface area contributed by atoms with Gasteiger partial charge in [0, 0.05) is 10.5 Å². The molecular weight excluding hydrogens is 282 g/mol. The van der Waals surface area contributed by atoms with E-state index in [0.717, 1.165) is 21.5 Å². The standard InChI is InChI=1S/C13H16BrNO2/c14-10-6-12-11(16-7-17-12)5-9(10)13(15)8-3-1-2-4-8/h5-6,8,13H,1-4,7,15H2/t13-/m1/s1. The fourth-order valence-corrected chi connectivity index (χ4v) is 3.35. The van der Waals surface area contributed by atoms with E-state index in [-0.39, 0.29) is 6.04 Å². The van der Waals surface area contributed by atoms with Crippen LogP contribution in [0.3, 0.4) is 0 Å². The van der Waals surface area contributed by atoms with Gasteiger partial charge in [-0.1, -0.05) is 28.8 Å². The van der Waals surface area contributed by atoms with Crippen molar-refractivity contribution in [2.24, 2.45) is 11.7 Å². The molecule has 2 N–H and O–H groups in total. The van der Waals surface area contributed by atoms with Crippen molar-refractivity contribution in [2.75, 3.05) is 6.79 Å². The third kappa shape index (κ3) is 2.04. The lowest BCUT2D eigenvalue weighted by Crippen LogP contribution is -2.19. The van der Waals surface area contributed by atoms with Crippen LogP contribution in [0.25, 0.3) is 0 Å². The predicted octanol–water partition coefficient (Wildman–Crippen LogP) is 3.37. The quantitative estimate of drug-likeness (QED) is 0.910. The molecule has 0 saturated heterocycles. The molecule has 0 radical (unpaired) electrons. The molecule has 3 rings (SSSR count). The van der Waals surface area contributed by atoms with Crippen molar-refractivity contribution in [3.05, 3.63) is 22.2 Å². The van der Waals surface area contributed by atoms with Crippen LogP contribution in [0, 0.1) is 5.92 Å². The van der Waals surface area contributed by atoms with Gasteiger partial charge in [-0.2, -0.15) is 0 Å². The molecule has 1 aliphatic heterocycles. The Morgan fingerprint density at radius 2 is 1.82 bits per heavy atom. The van der Waals surface area contributed by atoms with Gasteiger partial charge in [0.2, 0.25) is 6.79 Å². The zero-order valence-corrected chi connectivity index (χ0v) is 11.2. The molecule has 17 heavy (non-hydrogen) atoms. The van der Waals surface area contributed by atoms with Crippen molar-refractivity contribution in [2.45, 2.75) is 31.7 Å². The Bertz CT molecular complexity index is 430. The van der Waals surface area contributed by atoms with Crippen molar-refractivity contribution < 1.29 is 9.47 Å². The number of hydrogen-bond acceptors (Lipinski definition) is 3. The number of ether oxygens (including phenoxy) is 2. The summed E-state index contributed by atoms with van der Waals surface area (Å²) in [6, 6.07) is 4.09. The molecule has 1 saturated carbocycles. The second kappa shape index (κ2) is 4.50. The van der Waals surface area contributed by atoms with Gasteiger partial charge < -0.3 is 15.2 Å². The molecule has 2 aliphatic rings. The first-order valence-corrected chi connectivity index (χ1v) is 6.89. The molecule has 1 aromatic rings. The lowest BCUT2D eigenvalue weighted by atomic mass is 9.92. The molecule has 0 unspecified atom stereocenters. The van der Waals surface area contributed by atoms with Crippen LogP contribution in [-0.4, -0.2) is 6.79 Å². The van der Waals surface area contributed by atoms with Crippen LogP contribution in [0.15, 0.2) is 16.6 Å². The Morgan fingerprint density at radius 3 is 2.53 bits per heavy atom. The largest absolute Gasteiger partial charge is 0.454 e. The zero-order valence-electron chi connectivity index (χ0n) is 9.62. The summed E-state index contributed by atoms with van der Waals surface area (Å²) in [6.07, 6.45) is 5.09. The van der Waals surface area contributed by atoms with E-state index in [0.29, 0.717) is 12.7 Å². The van der Waals surface area contributed by atoms with Gasteiger partial charge >= 0.3 is 0 Å². The minimum atomic E-state index is 0.0985. The summed E-state index contributed by atoms with van der Waals surface area (Å²) in [7, 11) is 0. The summed E-state index contributed by atoms with van der Waals surface area (Å²) in [5.74, 6) is 2.22. The fourth-order valence-electron chi connectivity index (χ4n) is 2.76. The first-order chi connectivity index (χ1) is 8.25. The van der Waals surface area contributed by atoms with Gasteiger partial charge in [-0.15, -0.1) is 0 Å². The summed E-state index contributed by atoms with van der Waals surface area (Å²) < 4.78 is 11.8. The first-order valence-electron chi connectivity index (χ1n) is 6.10. The normalized spacial score (nSPS) is 20.8. The monoisotopic (exact) mass is 297 g/mol. The highest BCUT2D eigenvalue weighted by molar-refractivity contribution is 9.10. The molecule has 1 atom stereocenters. The van der Waals surface area contributed by atoms with Crippen molar-refractivity contribution >= 4 is 15.9 Å². The van der Waals surface area contributed by atoms with E-state index in [2.05, 4.69) is 15.9 Å². The third-order valence-electron chi connectivity index (χ3n) is 3.76. The molecule has 1 fully saturated rings. The number of nitrogens with two attached hydrogens (primary N) is 1. The Morgan fingerprint density at radius 1 is 1.18 bits per heavy atom. The van der Waals surface area contributed by atoms with Gasteiger partial charge in [0.25, 0.3) is 0 Å². The van der Waals surface area contributed by atoms with Crippen molar-refractivity contribution in [3.63, 3.8) is 0 Å². The van der Waals surface area contributed by atoms with Gasteiger partial charge in [0.05, 0.1) is 0 Å². The minimum absolute atomic E-state index is 0.0985. The topological polar surface area (TPSA) is 44.5 Å². The summed E-state index contributed by atoms with van der Waals surface area (Å²) >= 11 is 3.58. The maximum absolute atomic E-state index is 6.37. The maximum atomic E-state index is 6.37. The van der Waals surface area contributed by atoms with Crippen molar-refractivity contribution in [1.82, 2.24) is 0 Å². The van der Waals surface area contributed by atoms with Crippen LogP contribution >= 0.6 is 15.9 Å². The van der Waals surface area contributed by atoms with E-state index in [1.54, 1.807) is 0 Å². The highest BCUT2D eigenvalue weighted by Gasteiger charge is 2.26. The van der Waals surface area contributed by atoms with E-state index in [1.807, 2.05) is 12.1 Å². The SMILES string of the molecule is N[C@@H](c1cc2c(cc1Br)OCO2)C1CCCC1. The molecule has 1 aromatic carbocycles. The molecular formula is C13H16BrNO2. The molecule has 0 aromatic heterocycles. The molecule has 0 bridgehead atoms. The molecule has 3 nitrogen and oxygen atoms in total. The van der Waals surface area contributed by atoms with Crippen molar-refractivity contribution in [1.29, 1.82) is 0 Å². The summed E-state index contributed by atoms with van der Waals surface area (Å²) in [5, 5.41) is 0. The van der Waals surface area contributed by atoms with E-state index in [9.17, 15) is 0 Å². The van der Waals surface area contributed by atoms with Gasteiger partial charge in [-0.3, -0.25) is 0 Å². The predicted molar refractivity (Wildman–Crippen MR) is 69.2 cm³/mol. The van der Waals surface area contributed by atoms with Crippen LogP contribution in [0.4, 0.5) is 0 Å². The van der Waals surface area contributed by atoms with Crippen LogP contribution in [0.1, 0.15) is 37.3 Å². The van der Waals surface area contributed by atoms with E-state index >= 15 is 0 Å². The molecule has 0 amide bonds. The molecule has 1 heterocycles. The Labute approximate surface area is 109 Å². The summed E-state index contributed by atoms with van der Waals surface area (Å²) in [5.41, 5.74) is 7.51. The summed E-state index contributed by atoms with van der Waals surface area (Å²) in [4.78, 5) is 0. The third-order valence-corrected chi connectivity index (χ3v) is 4.45. The average molecular weight is 298 g/mol. The highest BCUT2D eigenvalue weighted by atomic mass is 79.9. The lowest BCUT2D eigenvalue weighted by Gasteiger charge is -2.20. The molecule has 0 spiro atoms. The fraction of sp³-hybridized carbons (Fsp3) is 0.538.